The summed E-state index contributed by atoms with van der Waals surface area (Å²) in [6, 6.07) is 1.97. The third kappa shape index (κ3) is 2.98. The molecule has 1 saturated heterocycles. The maximum absolute atomic E-state index is 12.8. The van der Waals surface area contributed by atoms with Gasteiger partial charge in [0.1, 0.15) is 17.1 Å². The summed E-state index contributed by atoms with van der Waals surface area (Å²) in [5.74, 6) is 1.64. The van der Waals surface area contributed by atoms with Gasteiger partial charge in [0.15, 0.2) is 0 Å². The number of rotatable bonds is 3. The first-order chi connectivity index (χ1) is 11.0. The van der Waals surface area contributed by atoms with E-state index in [1.807, 2.05) is 31.7 Å². The number of amides is 1. The van der Waals surface area contributed by atoms with Gasteiger partial charge in [-0.05, 0) is 39.7 Å². The number of hydrogen-bond acceptors (Lipinski definition) is 5. The molecule has 0 spiro atoms. The van der Waals surface area contributed by atoms with Gasteiger partial charge in [-0.25, -0.2) is 9.97 Å². The molecule has 3 heterocycles. The van der Waals surface area contributed by atoms with Gasteiger partial charge in [-0.3, -0.25) is 4.79 Å². The first-order valence-electron chi connectivity index (χ1n) is 8.06. The van der Waals surface area contributed by atoms with Crippen LogP contribution in [0.15, 0.2) is 10.6 Å². The minimum Gasteiger partial charge on any atom is -0.361 e. The Morgan fingerprint density at radius 1 is 1.30 bits per heavy atom. The smallest absolute Gasteiger partial charge is 0.259 e. The van der Waals surface area contributed by atoms with Crippen LogP contribution in [-0.2, 0) is 6.42 Å². The number of nitrogens with zero attached hydrogens (tertiary/aromatic N) is 4. The van der Waals surface area contributed by atoms with Crippen molar-refractivity contribution in [3.63, 3.8) is 0 Å². The molecule has 6 nitrogen and oxygen atoms in total. The SMILES string of the molecule is CCc1noc(C)c1C(=O)N1CCC(c2nc(C)cc(C)n2)C1. The summed E-state index contributed by atoms with van der Waals surface area (Å²) in [6.45, 7) is 9.08. The maximum Gasteiger partial charge on any atom is 0.259 e. The molecule has 2 aromatic heterocycles. The molecule has 1 aliphatic rings. The first-order valence-corrected chi connectivity index (χ1v) is 8.06. The van der Waals surface area contributed by atoms with Crippen molar-refractivity contribution in [2.45, 2.75) is 46.5 Å². The zero-order valence-electron chi connectivity index (χ0n) is 14.1. The predicted molar refractivity (Wildman–Crippen MR) is 85.4 cm³/mol. The fourth-order valence-corrected chi connectivity index (χ4v) is 3.18. The topological polar surface area (TPSA) is 72.1 Å². The number of aromatic nitrogens is 3. The standard InChI is InChI=1S/C17H22N4O2/c1-5-14-15(12(4)23-20-14)17(22)21-7-6-13(9-21)16-18-10(2)8-11(3)19-16/h8,13H,5-7,9H2,1-4H3. The van der Waals surface area contributed by atoms with Crippen molar-refractivity contribution in [3.8, 4) is 0 Å². The minimum absolute atomic E-state index is 0.00692. The molecule has 0 aromatic carbocycles. The third-order valence-electron chi connectivity index (χ3n) is 4.32. The van der Waals surface area contributed by atoms with E-state index in [1.54, 1.807) is 6.92 Å². The monoisotopic (exact) mass is 314 g/mol. The number of carbonyl (C=O) groups excluding carboxylic acids is 1. The second kappa shape index (κ2) is 6.10. The van der Waals surface area contributed by atoms with Gasteiger partial charge in [0.25, 0.3) is 5.91 Å². The Labute approximate surface area is 135 Å². The summed E-state index contributed by atoms with van der Waals surface area (Å²) in [7, 11) is 0. The van der Waals surface area contributed by atoms with Gasteiger partial charge in [0.2, 0.25) is 0 Å². The van der Waals surface area contributed by atoms with E-state index in [1.165, 1.54) is 0 Å². The van der Waals surface area contributed by atoms with E-state index >= 15 is 0 Å². The van der Waals surface area contributed by atoms with Gasteiger partial charge in [0.05, 0.1) is 5.69 Å². The van der Waals surface area contributed by atoms with Crippen molar-refractivity contribution >= 4 is 5.91 Å². The Morgan fingerprint density at radius 3 is 2.65 bits per heavy atom. The van der Waals surface area contributed by atoms with Crippen molar-refractivity contribution in [3.05, 3.63) is 40.3 Å². The fraction of sp³-hybridized carbons (Fsp3) is 0.529. The molecule has 23 heavy (non-hydrogen) atoms. The van der Waals surface area contributed by atoms with Crippen LogP contribution in [0.4, 0.5) is 0 Å². The van der Waals surface area contributed by atoms with Crippen molar-refractivity contribution < 1.29 is 9.32 Å². The highest BCUT2D eigenvalue weighted by molar-refractivity contribution is 5.96. The van der Waals surface area contributed by atoms with Crippen LogP contribution in [0, 0.1) is 20.8 Å². The molecule has 6 heteroatoms. The number of likely N-dealkylation sites (tertiary alicyclic amines) is 1. The average Bonchev–Trinajstić information content (AvgIpc) is 3.12. The van der Waals surface area contributed by atoms with Crippen molar-refractivity contribution in [2.75, 3.05) is 13.1 Å². The average molecular weight is 314 g/mol. The van der Waals surface area contributed by atoms with Crippen molar-refractivity contribution in [1.29, 1.82) is 0 Å². The number of carbonyl (C=O) groups is 1. The summed E-state index contributed by atoms with van der Waals surface area (Å²) >= 11 is 0. The quantitative estimate of drug-likeness (QED) is 0.870. The molecule has 1 unspecified atom stereocenters. The number of aryl methyl sites for hydroxylation is 4. The van der Waals surface area contributed by atoms with E-state index in [-0.39, 0.29) is 11.8 Å². The number of hydrogen-bond donors (Lipinski definition) is 0. The zero-order chi connectivity index (χ0) is 16.6. The molecule has 3 rings (SSSR count). The Bertz CT molecular complexity index is 718. The van der Waals surface area contributed by atoms with Crippen LogP contribution in [-0.4, -0.2) is 39.0 Å². The highest BCUT2D eigenvalue weighted by Gasteiger charge is 2.32. The van der Waals surface area contributed by atoms with Gasteiger partial charge < -0.3 is 9.42 Å². The Morgan fingerprint density at radius 2 is 2.00 bits per heavy atom. The molecule has 1 fully saturated rings. The van der Waals surface area contributed by atoms with E-state index in [0.29, 0.717) is 30.8 Å². The zero-order valence-corrected chi connectivity index (χ0v) is 14.1. The van der Waals surface area contributed by atoms with Gasteiger partial charge in [0, 0.05) is 30.4 Å². The highest BCUT2D eigenvalue weighted by atomic mass is 16.5. The van der Waals surface area contributed by atoms with Gasteiger partial charge in [-0.15, -0.1) is 0 Å². The van der Waals surface area contributed by atoms with Crippen molar-refractivity contribution in [1.82, 2.24) is 20.0 Å². The van der Waals surface area contributed by atoms with Crippen LogP contribution < -0.4 is 0 Å². The minimum atomic E-state index is 0.00692. The molecular weight excluding hydrogens is 292 g/mol. The molecule has 1 aliphatic heterocycles. The first kappa shape index (κ1) is 15.6. The van der Waals surface area contributed by atoms with Crippen molar-refractivity contribution in [2.24, 2.45) is 0 Å². The summed E-state index contributed by atoms with van der Waals surface area (Å²) in [5.41, 5.74) is 3.30. The van der Waals surface area contributed by atoms with Crippen LogP contribution in [0.3, 0.4) is 0 Å². The van der Waals surface area contributed by atoms with Crippen LogP contribution in [0.25, 0.3) is 0 Å². The lowest BCUT2D eigenvalue weighted by Gasteiger charge is -2.16. The predicted octanol–water partition coefficient (Wildman–Crippen LogP) is 2.58. The molecule has 0 bridgehead atoms. The Hall–Kier alpha value is -2.24. The molecule has 1 atom stereocenters. The lowest BCUT2D eigenvalue weighted by atomic mass is 10.1. The van der Waals surface area contributed by atoms with Gasteiger partial charge in [-0.1, -0.05) is 12.1 Å². The summed E-state index contributed by atoms with van der Waals surface area (Å²) in [6.07, 6.45) is 1.58. The summed E-state index contributed by atoms with van der Waals surface area (Å²) in [4.78, 5) is 23.8. The lowest BCUT2D eigenvalue weighted by molar-refractivity contribution is 0.0788. The lowest BCUT2D eigenvalue weighted by Crippen LogP contribution is -2.29. The van der Waals surface area contributed by atoms with Crippen LogP contribution in [0.1, 0.15) is 58.3 Å². The third-order valence-corrected chi connectivity index (χ3v) is 4.32. The molecule has 122 valence electrons. The maximum atomic E-state index is 12.8. The fourth-order valence-electron chi connectivity index (χ4n) is 3.18. The summed E-state index contributed by atoms with van der Waals surface area (Å²) in [5, 5.41) is 3.98. The van der Waals surface area contributed by atoms with E-state index in [4.69, 9.17) is 4.52 Å². The molecule has 0 radical (unpaired) electrons. The Balaban J connectivity index is 1.79. The second-order valence-corrected chi connectivity index (χ2v) is 6.16. The molecular formula is C17H22N4O2. The van der Waals surface area contributed by atoms with E-state index in [2.05, 4.69) is 15.1 Å². The largest absolute Gasteiger partial charge is 0.361 e. The van der Waals surface area contributed by atoms with Crippen LogP contribution in [0.5, 0.6) is 0 Å². The van der Waals surface area contributed by atoms with E-state index < -0.39 is 0 Å². The van der Waals surface area contributed by atoms with E-state index in [0.717, 1.165) is 29.3 Å². The molecule has 0 aliphatic carbocycles. The molecule has 0 N–H and O–H groups in total. The van der Waals surface area contributed by atoms with Crippen LogP contribution in [0.2, 0.25) is 0 Å². The molecule has 1 amide bonds. The normalized spacial score (nSPS) is 17.7. The molecule has 2 aromatic rings. The second-order valence-electron chi connectivity index (χ2n) is 6.16. The van der Waals surface area contributed by atoms with E-state index in [9.17, 15) is 4.79 Å². The van der Waals surface area contributed by atoms with Gasteiger partial charge in [-0.2, -0.15) is 0 Å². The molecule has 0 saturated carbocycles. The Kier molecular flexibility index (Phi) is 4.15. The summed E-state index contributed by atoms with van der Waals surface area (Å²) < 4.78 is 5.19. The van der Waals surface area contributed by atoms with Crippen LogP contribution >= 0.6 is 0 Å². The highest BCUT2D eigenvalue weighted by Crippen LogP contribution is 2.27. The van der Waals surface area contributed by atoms with Gasteiger partial charge >= 0.3 is 0 Å².